The van der Waals surface area contributed by atoms with Gasteiger partial charge in [-0.2, -0.15) is 22.0 Å². The molecule has 0 heterocycles. The van der Waals surface area contributed by atoms with Crippen LogP contribution < -0.4 is 20.7 Å². The Morgan fingerprint density at radius 2 is 1.54 bits per heavy atom. The highest BCUT2D eigenvalue weighted by Gasteiger charge is 2.46. The Morgan fingerprint density at radius 1 is 0.927 bits per heavy atom. The van der Waals surface area contributed by atoms with Crippen molar-refractivity contribution in [3.63, 3.8) is 0 Å². The average Bonchev–Trinajstić information content (AvgIpc) is 2.91. The van der Waals surface area contributed by atoms with Gasteiger partial charge in [0.15, 0.2) is 0 Å². The van der Waals surface area contributed by atoms with Crippen molar-refractivity contribution in [3.8, 4) is 5.75 Å². The van der Waals surface area contributed by atoms with Crippen LogP contribution in [0, 0.1) is 5.92 Å². The molecule has 0 aromatic heterocycles. The highest BCUT2D eigenvalue weighted by Crippen LogP contribution is 2.30. The van der Waals surface area contributed by atoms with Gasteiger partial charge < -0.3 is 25.8 Å². The van der Waals surface area contributed by atoms with Gasteiger partial charge in [-0.15, -0.1) is 0 Å². The van der Waals surface area contributed by atoms with Gasteiger partial charge in [0.2, 0.25) is 11.8 Å². The third kappa shape index (κ3) is 8.60. The van der Waals surface area contributed by atoms with E-state index in [-0.39, 0.29) is 10.6 Å². The van der Waals surface area contributed by atoms with Crippen LogP contribution in [0.15, 0.2) is 48.5 Å². The molecule has 0 aliphatic carbocycles. The van der Waals surface area contributed by atoms with Crippen LogP contribution >= 0.6 is 11.6 Å². The van der Waals surface area contributed by atoms with E-state index in [9.17, 15) is 46.2 Å². The van der Waals surface area contributed by atoms with Crippen molar-refractivity contribution in [2.45, 2.75) is 44.1 Å². The Balaban J connectivity index is 2.34. The molecule has 3 atom stereocenters. The van der Waals surface area contributed by atoms with E-state index in [0.717, 1.165) is 12.1 Å². The molecule has 0 aliphatic heterocycles. The fraction of sp³-hybridized carbons (Fsp3) is 0.385. The molecule has 0 bridgehead atoms. The van der Waals surface area contributed by atoms with Gasteiger partial charge in [0.05, 0.1) is 19.8 Å². The summed E-state index contributed by atoms with van der Waals surface area (Å²) >= 11 is 5.70. The van der Waals surface area contributed by atoms with E-state index >= 15 is 0 Å². The molecule has 0 saturated carbocycles. The Labute approximate surface area is 236 Å². The minimum Gasteiger partial charge on any atom is -0.497 e. The number of carbonyl (C=O) groups is 4. The second-order valence-electron chi connectivity index (χ2n) is 9.10. The zero-order chi connectivity index (χ0) is 31.1. The summed E-state index contributed by atoms with van der Waals surface area (Å²) in [5.41, 5.74) is -0.810. The van der Waals surface area contributed by atoms with E-state index in [0.29, 0.717) is 5.75 Å². The first-order valence-electron chi connectivity index (χ1n) is 11.9. The second-order valence-corrected chi connectivity index (χ2v) is 9.54. The minimum atomic E-state index is -5.28. The molecule has 0 aliphatic rings. The lowest BCUT2D eigenvalue weighted by atomic mass is 9.97. The van der Waals surface area contributed by atoms with Crippen molar-refractivity contribution in [2.24, 2.45) is 5.92 Å². The summed E-state index contributed by atoms with van der Waals surface area (Å²) in [5.74, 6) is -11.7. The molecule has 0 fully saturated rings. The lowest BCUT2D eigenvalue weighted by Gasteiger charge is -2.27. The van der Waals surface area contributed by atoms with Gasteiger partial charge in [-0.25, -0.2) is 0 Å². The Hall–Kier alpha value is -3.78. The van der Waals surface area contributed by atoms with E-state index in [1.165, 1.54) is 57.4 Å². The number of amides is 3. The maximum absolute atomic E-state index is 14.7. The number of rotatable bonds is 12. The molecule has 4 N–H and O–H groups in total. The largest absolute Gasteiger partial charge is 0.497 e. The van der Waals surface area contributed by atoms with Crippen LogP contribution in [0.5, 0.6) is 5.75 Å². The number of carbonyl (C=O) groups excluding carboxylic acids is 4. The van der Waals surface area contributed by atoms with E-state index < -0.39 is 71.8 Å². The van der Waals surface area contributed by atoms with Crippen LogP contribution in [0.3, 0.4) is 0 Å². The number of aliphatic hydroxyl groups is 1. The molecular formula is C26H27ClF5N3O6. The number of methoxy groups -OCH3 is 1. The zero-order valence-electron chi connectivity index (χ0n) is 21.9. The smallest absolute Gasteiger partial charge is 0.452 e. The first kappa shape index (κ1) is 33.4. The van der Waals surface area contributed by atoms with E-state index in [1.807, 2.05) is 5.32 Å². The topological polar surface area (TPSA) is 134 Å². The molecule has 41 heavy (non-hydrogen) atoms. The zero-order valence-corrected chi connectivity index (χ0v) is 22.6. The van der Waals surface area contributed by atoms with Crippen LogP contribution in [-0.4, -0.2) is 60.6 Å². The number of hydrogen-bond donors (Lipinski definition) is 4. The van der Waals surface area contributed by atoms with Gasteiger partial charge in [0.25, 0.3) is 11.7 Å². The fourth-order valence-electron chi connectivity index (χ4n) is 3.55. The van der Waals surface area contributed by atoms with Crippen LogP contribution in [-0.2, 0) is 25.1 Å². The number of aliphatic hydroxyl groups excluding tert-OH is 1. The van der Waals surface area contributed by atoms with Crippen molar-refractivity contribution in [3.05, 3.63) is 64.7 Å². The van der Waals surface area contributed by atoms with Crippen molar-refractivity contribution in [2.75, 3.05) is 13.7 Å². The third-order valence-electron chi connectivity index (χ3n) is 5.80. The highest BCUT2D eigenvalue weighted by molar-refractivity contribution is 6.30. The van der Waals surface area contributed by atoms with Gasteiger partial charge >= 0.3 is 12.1 Å². The van der Waals surface area contributed by atoms with Crippen LogP contribution in [0.1, 0.15) is 31.0 Å². The molecule has 0 radical (unpaired) electrons. The molecule has 9 nitrogen and oxygen atoms in total. The number of nitrogens with one attached hydrogen (secondary N) is 3. The van der Waals surface area contributed by atoms with Gasteiger partial charge in [0, 0.05) is 10.6 Å². The van der Waals surface area contributed by atoms with E-state index in [1.54, 1.807) is 5.32 Å². The van der Waals surface area contributed by atoms with E-state index in [4.69, 9.17) is 16.3 Å². The third-order valence-corrected chi connectivity index (χ3v) is 6.04. The average molecular weight is 608 g/mol. The Bertz CT molecular complexity index is 1260. The summed E-state index contributed by atoms with van der Waals surface area (Å²) in [7, 11) is 1.34. The number of halogens is 6. The summed E-state index contributed by atoms with van der Waals surface area (Å²) in [5, 5.41) is 15.4. The number of alkyl halides is 5. The normalized spacial score (nSPS) is 14.0. The Kier molecular flexibility index (Phi) is 11.2. The van der Waals surface area contributed by atoms with Gasteiger partial charge in [-0.1, -0.05) is 49.7 Å². The molecule has 0 spiro atoms. The first-order chi connectivity index (χ1) is 19.0. The summed E-state index contributed by atoms with van der Waals surface area (Å²) < 4.78 is 73.8. The predicted molar refractivity (Wildman–Crippen MR) is 136 cm³/mol. The lowest BCUT2D eigenvalue weighted by Crippen LogP contribution is -2.56. The molecular weight excluding hydrogens is 581 g/mol. The number of benzene rings is 2. The maximum Gasteiger partial charge on any atom is 0.452 e. The minimum absolute atomic E-state index is 0.00844. The van der Waals surface area contributed by atoms with Crippen LogP contribution in [0.25, 0.3) is 0 Å². The van der Waals surface area contributed by atoms with Crippen molar-refractivity contribution in [1.82, 2.24) is 16.0 Å². The molecule has 0 unspecified atom stereocenters. The highest BCUT2D eigenvalue weighted by atomic mass is 35.5. The summed E-state index contributed by atoms with van der Waals surface area (Å²) in [6.45, 7) is 1.32. The number of hydrogen-bond acceptors (Lipinski definition) is 6. The molecule has 0 saturated heterocycles. The molecule has 2 aromatic rings. The molecule has 224 valence electrons. The van der Waals surface area contributed by atoms with Crippen molar-refractivity contribution in [1.29, 1.82) is 0 Å². The first-order valence-corrected chi connectivity index (χ1v) is 12.3. The number of Topliss-reactive ketones (excluding diaryl/α,β-unsaturated/α-hetero) is 1. The number of ketones is 1. The van der Waals surface area contributed by atoms with Gasteiger partial charge in [-0.3, -0.25) is 19.2 Å². The maximum atomic E-state index is 14.7. The SMILES string of the molecule is COc1ccc([C@H](NC(=O)[C@H](CO)NC(=O)C(F)(F)c2cccc(Cl)c2)C(=O)N[C@H](C(=O)C(F)(F)F)C(C)C)cc1. The molecule has 3 amide bonds. The molecule has 2 rings (SSSR count). The quantitative estimate of drug-likeness (QED) is 0.274. The Morgan fingerprint density at radius 3 is 2.02 bits per heavy atom. The van der Waals surface area contributed by atoms with Gasteiger partial charge in [0.1, 0.15) is 17.8 Å². The predicted octanol–water partition coefficient (Wildman–Crippen LogP) is 3.05. The van der Waals surface area contributed by atoms with Crippen molar-refractivity contribution >= 4 is 35.1 Å². The van der Waals surface area contributed by atoms with E-state index in [2.05, 4.69) is 5.32 Å². The summed E-state index contributed by atoms with van der Waals surface area (Å²) in [6, 6.07) is 3.65. The molecule has 2 aromatic carbocycles. The number of ether oxygens (including phenoxy) is 1. The van der Waals surface area contributed by atoms with Crippen molar-refractivity contribution < 1.29 is 51.0 Å². The van der Waals surface area contributed by atoms with Gasteiger partial charge in [-0.05, 0) is 35.7 Å². The summed E-state index contributed by atoms with van der Waals surface area (Å²) in [6.07, 6.45) is -5.28. The summed E-state index contributed by atoms with van der Waals surface area (Å²) in [4.78, 5) is 50.4. The van der Waals surface area contributed by atoms with Crippen LogP contribution in [0.4, 0.5) is 22.0 Å². The van der Waals surface area contributed by atoms with Crippen LogP contribution in [0.2, 0.25) is 5.02 Å². The lowest BCUT2D eigenvalue weighted by molar-refractivity contribution is -0.175. The fourth-order valence-corrected chi connectivity index (χ4v) is 3.74. The second kappa shape index (κ2) is 13.7. The molecule has 15 heteroatoms. The standard InChI is InChI=1S/C26H27ClF5N3O6/c1-13(2)19(21(37)26(30,31)32)34-23(39)20(14-7-9-17(41-3)10-8-14)35-22(38)18(12-36)33-24(40)25(28,29)15-5-4-6-16(27)11-15/h4-11,13,18-20,36H,12H2,1-3H3,(H,33,40)(H,34,39)(H,35,38)/t18-,19-,20-/m0/s1. The monoisotopic (exact) mass is 607 g/mol.